The summed E-state index contributed by atoms with van der Waals surface area (Å²) in [5, 5.41) is 17.5. The highest BCUT2D eigenvalue weighted by Crippen LogP contribution is 2.22. The van der Waals surface area contributed by atoms with Gasteiger partial charge in [0.05, 0.1) is 16.2 Å². The Hall–Kier alpha value is -2.58. The maximum atomic E-state index is 13.5. The summed E-state index contributed by atoms with van der Waals surface area (Å²) in [7, 11) is 0. The van der Waals surface area contributed by atoms with E-state index in [0.29, 0.717) is 0 Å². The first-order chi connectivity index (χ1) is 11.0. The van der Waals surface area contributed by atoms with Crippen LogP contribution in [0.25, 0.3) is 0 Å². The summed E-state index contributed by atoms with van der Waals surface area (Å²) in [6.45, 7) is 0. The van der Waals surface area contributed by atoms with Crippen molar-refractivity contribution in [2.24, 2.45) is 5.10 Å². The average molecular weight is 353 g/mol. The van der Waals surface area contributed by atoms with Crippen LogP contribution in [0.3, 0.4) is 0 Å². The van der Waals surface area contributed by atoms with Crippen molar-refractivity contribution >= 4 is 46.5 Å². The van der Waals surface area contributed by atoms with Crippen LogP contribution in [0.1, 0.15) is 5.56 Å². The highest BCUT2D eigenvalue weighted by atomic mass is 35.5. The van der Waals surface area contributed by atoms with Gasteiger partial charge >= 0.3 is 0 Å². The second kappa shape index (κ2) is 7.61. The van der Waals surface area contributed by atoms with Crippen molar-refractivity contribution in [3.05, 3.63) is 69.0 Å². The largest absolute Gasteiger partial charge is 0.326 e. The van der Waals surface area contributed by atoms with Gasteiger partial charge in [-0.15, -0.1) is 0 Å². The van der Waals surface area contributed by atoms with Gasteiger partial charge in [-0.25, -0.2) is 4.39 Å². The second-order valence-corrected chi connectivity index (χ2v) is 5.05. The fourth-order valence-corrected chi connectivity index (χ4v) is 2.05. The quantitative estimate of drug-likeness (QED) is 0.379. The van der Waals surface area contributed by atoms with Crippen molar-refractivity contribution < 1.29 is 9.31 Å². The molecule has 9 heteroatoms. The molecule has 0 radical (unpaired) electrons. The molecule has 0 aliphatic rings. The van der Waals surface area contributed by atoms with Crippen molar-refractivity contribution in [3.63, 3.8) is 0 Å². The fourth-order valence-electron chi connectivity index (χ4n) is 1.68. The van der Waals surface area contributed by atoms with Crippen LogP contribution in [-0.2, 0) is 0 Å². The van der Waals surface area contributed by atoms with Gasteiger partial charge in [-0.2, -0.15) is 5.10 Å². The number of hydrogen-bond donors (Lipinski definition) is 2. The Bertz CT molecular complexity index is 765. The monoisotopic (exact) mass is 352 g/mol. The van der Waals surface area contributed by atoms with Crippen molar-refractivity contribution in [2.45, 2.75) is 0 Å². The third-order valence-electron chi connectivity index (χ3n) is 2.71. The molecule has 2 N–H and O–H groups in total. The Morgan fingerprint density at radius 2 is 2.04 bits per heavy atom. The van der Waals surface area contributed by atoms with E-state index in [1.165, 1.54) is 42.6 Å². The fraction of sp³-hybridized carbons (Fsp3) is 0. The number of hydrazone groups is 1. The van der Waals surface area contributed by atoms with Crippen LogP contribution in [0.5, 0.6) is 0 Å². The van der Waals surface area contributed by atoms with Gasteiger partial charge in [0.15, 0.2) is 5.11 Å². The van der Waals surface area contributed by atoms with Gasteiger partial charge in [0.25, 0.3) is 5.69 Å². The average Bonchev–Trinajstić information content (AvgIpc) is 2.50. The van der Waals surface area contributed by atoms with E-state index in [4.69, 9.17) is 23.8 Å². The molecule has 0 saturated heterocycles. The van der Waals surface area contributed by atoms with Crippen molar-refractivity contribution in [1.29, 1.82) is 0 Å². The topological polar surface area (TPSA) is 79.6 Å². The molecule has 0 heterocycles. The van der Waals surface area contributed by atoms with E-state index < -0.39 is 10.7 Å². The van der Waals surface area contributed by atoms with Crippen molar-refractivity contribution in [3.8, 4) is 0 Å². The minimum absolute atomic E-state index is 0.0167. The molecule has 2 aromatic rings. The number of nitro groups is 1. The van der Waals surface area contributed by atoms with E-state index in [9.17, 15) is 14.5 Å². The minimum atomic E-state index is -0.534. The molecule has 0 spiro atoms. The number of nitrogens with one attached hydrogen (secondary N) is 2. The minimum Gasteiger partial charge on any atom is -0.326 e. The van der Waals surface area contributed by atoms with Gasteiger partial charge in [-0.3, -0.25) is 15.5 Å². The molecular formula is C14H10ClFN4O2S. The van der Waals surface area contributed by atoms with Crippen LogP contribution in [0.2, 0.25) is 5.02 Å². The Morgan fingerprint density at radius 3 is 2.74 bits per heavy atom. The first-order valence-electron chi connectivity index (χ1n) is 6.26. The summed E-state index contributed by atoms with van der Waals surface area (Å²) in [5.74, 6) is -0.527. The molecule has 0 atom stereocenters. The van der Waals surface area contributed by atoms with Crippen LogP contribution in [0.4, 0.5) is 15.8 Å². The van der Waals surface area contributed by atoms with E-state index >= 15 is 0 Å². The third kappa shape index (κ3) is 4.44. The number of para-hydroxylation sites is 2. The number of nitro benzene ring substituents is 1. The van der Waals surface area contributed by atoms with Gasteiger partial charge in [-0.1, -0.05) is 29.8 Å². The highest BCUT2D eigenvalue weighted by molar-refractivity contribution is 7.80. The molecule has 6 nitrogen and oxygen atoms in total. The molecule has 2 rings (SSSR count). The first kappa shape index (κ1) is 16.8. The molecule has 0 aromatic heterocycles. The summed E-state index contributed by atoms with van der Waals surface area (Å²) >= 11 is 10.8. The Balaban J connectivity index is 2.04. The van der Waals surface area contributed by atoms with Gasteiger partial charge in [0.2, 0.25) is 0 Å². The maximum Gasteiger partial charge on any atom is 0.292 e. The summed E-state index contributed by atoms with van der Waals surface area (Å²) in [6.07, 6.45) is 1.17. The maximum absolute atomic E-state index is 13.5. The zero-order chi connectivity index (χ0) is 16.8. The molecule has 0 saturated carbocycles. The summed E-state index contributed by atoms with van der Waals surface area (Å²) in [5.41, 5.74) is 2.64. The standard InChI is InChI=1S/C14H10ClFN4O2S/c15-10-4-3-5-11(16)9(10)8-17-19-14(23)18-12-6-1-2-7-13(12)20(21)22/h1-8H,(H2,18,19,23)/b17-8-. The van der Waals surface area contributed by atoms with Crippen LogP contribution in [0, 0.1) is 15.9 Å². The van der Waals surface area contributed by atoms with E-state index in [0.717, 1.165) is 0 Å². The van der Waals surface area contributed by atoms with Crippen LogP contribution >= 0.6 is 23.8 Å². The molecular weight excluding hydrogens is 343 g/mol. The number of nitrogens with zero attached hydrogens (tertiary/aromatic N) is 2. The molecule has 0 fully saturated rings. The zero-order valence-corrected chi connectivity index (χ0v) is 13.1. The Labute approximate surface area is 141 Å². The van der Waals surface area contributed by atoms with Crippen molar-refractivity contribution in [1.82, 2.24) is 5.43 Å². The number of thiocarbonyl (C=S) groups is 1. The third-order valence-corrected chi connectivity index (χ3v) is 3.23. The van der Waals surface area contributed by atoms with Gasteiger partial charge < -0.3 is 5.32 Å². The van der Waals surface area contributed by atoms with Gasteiger partial charge in [-0.05, 0) is 30.4 Å². The van der Waals surface area contributed by atoms with Crippen LogP contribution in [-0.4, -0.2) is 16.3 Å². The molecule has 23 heavy (non-hydrogen) atoms. The smallest absolute Gasteiger partial charge is 0.292 e. The predicted molar refractivity (Wildman–Crippen MR) is 91.5 cm³/mol. The lowest BCUT2D eigenvalue weighted by Crippen LogP contribution is -2.24. The van der Waals surface area contributed by atoms with E-state index in [1.54, 1.807) is 6.07 Å². The van der Waals surface area contributed by atoms with Gasteiger partial charge in [0.1, 0.15) is 11.5 Å². The number of anilines is 1. The second-order valence-electron chi connectivity index (χ2n) is 4.23. The van der Waals surface area contributed by atoms with Crippen LogP contribution in [0.15, 0.2) is 47.6 Å². The summed E-state index contributed by atoms with van der Waals surface area (Å²) in [4.78, 5) is 10.4. The molecule has 0 aliphatic heterocycles. The molecule has 118 valence electrons. The normalized spacial score (nSPS) is 10.5. The van der Waals surface area contributed by atoms with E-state index in [-0.39, 0.29) is 27.1 Å². The van der Waals surface area contributed by atoms with E-state index in [2.05, 4.69) is 15.8 Å². The molecule has 0 bridgehead atoms. The lowest BCUT2D eigenvalue weighted by Gasteiger charge is -2.07. The number of benzene rings is 2. The molecule has 2 aromatic carbocycles. The predicted octanol–water partition coefficient (Wildman–Crippen LogP) is 3.71. The highest BCUT2D eigenvalue weighted by Gasteiger charge is 2.12. The Kier molecular flexibility index (Phi) is 5.56. The number of rotatable bonds is 4. The SMILES string of the molecule is O=[N+]([O-])c1ccccc1NC(=S)N/N=C\c1c(F)cccc1Cl. The first-order valence-corrected chi connectivity index (χ1v) is 7.05. The van der Waals surface area contributed by atoms with E-state index in [1.807, 2.05) is 0 Å². The summed E-state index contributed by atoms with van der Waals surface area (Å²) < 4.78 is 13.5. The summed E-state index contributed by atoms with van der Waals surface area (Å²) in [6, 6.07) is 10.3. The lowest BCUT2D eigenvalue weighted by atomic mass is 10.2. The molecule has 0 unspecified atom stereocenters. The zero-order valence-electron chi connectivity index (χ0n) is 11.5. The van der Waals surface area contributed by atoms with Crippen LogP contribution < -0.4 is 10.7 Å². The molecule has 0 aliphatic carbocycles. The van der Waals surface area contributed by atoms with Crippen molar-refractivity contribution in [2.75, 3.05) is 5.32 Å². The Morgan fingerprint density at radius 1 is 1.30 bits per heavy atom. The lowest BCUT2D eigenvalue weighted by molar-refractivity contribution is -0.383. The number of halogens is 2. The molecule has 0 amide bonds. The number of hydrogen-bond acceptors (Lipinski definition) is 4. The van der Waals surface area contributed by atoms with Gasteiger partial charge in [0, 0.05) is 11.6 Å².